The van der Waals surface area contributed by atoms with Crippen molar-refractivity contribution >= 4 is 17.0 Å². The first kappa shape index (κ1) is 11.8. The van der Waals surface area contributed by atoms with Crippen LogP contribution in [0, 0.1) is 22.7 Å². The van der Waals surface area contributed by atoms with E-state index in [2.05, 4.69) is 17.1 Å². The first-order chi connectivity index (χ1) is 9.74. The summed E-state index contributed by atoms with van der Waals surface area (Å²) in [5.74, 6) is 0.290. The highest BCUT2D eigenvalue weighted by Gasteiger charge is 2.12. The van der Waals surface area contributed by atoms with Gasteiger partial charge in [0.2, 0.25) is 5.95 Å². The van der Waals surface area contributed by atoms with E-state index in [1.165, 1.54) is 0 Å². The Bertz CT molecular complexity index is 893. The van der Waals surface area contributed by atoms with Crippen molar-refractivity contribution in [1.82, 2.24) is 9.55 Å². The number of benzene rings is 2. The van der Waals surface area contributed by atoms with Gasteiger partial charge in [0.05, 0.1) is 28.4 Å². The predicted octanol–water partition coefficient (Wildman–Crippen LogP) is 2.35. The molecule has 0 aliphatic carbocycles. The van der Waals surface area contributed by atoms with Crippen molar-refractivity contribution in [3.63, 3.8) is 0 Å². The number of nitriles is 2. The minimum atomic E-state index is 0.290. The van der Waals surface area contributed by atoms with Gasteiger partial charge in [-0.05, 0) is 30.3 Å². The maximum absolute atomic E-state index is 9.11. The number of imidazole rings is 1. The number of hydrogen-bond donors (Lipinski definition) is 1. The molecule has 0 atom stereocenters. The highest BCUT2D eigenvalue weighted by Crippen LogP contribution is 2.25. The normalized spacial score (nSPS) is 10.1. The predicted molar refractivity (Wildman–Crippen MR) is 74.9 cm³/mol. The van der Waals surface area contributed by atoms with Crippen LogP contribution in [0.4, 0.5) is 5.95 Å². The molecule has 2 N–H and O–H groups in total. The fourth-order valence-electron chi connectivity index (χ4n) is 2.19. The van der Waals surface area contributed by atoms with E-state index in [0.717, 1.165) is 11.2 Å². The second-order valence-corrected chi connectivity index (χ2v) is 4.25. The number of nitrogens with zero attached hydrogens (tertiary/aromatic N) is 4. The van der Waals surface area contributed by atoms with Crippen molar-refractivity contribution in [2.75, 3.05) is 5.73 Å². The Labute approximate surface area is 115 Å². The Kier molecular flexibility index (Phi) is 2.60. The summed E-state index contributed by atoms with van der Waals surface area (Å²) in [6, 6.07) is 16.6. The minimum Gasteiger partial charge on any atom is -0.369 e. The van der Waals surface area contributed by atoms with Gasteiger partial charge in [-0.2, -0.15) is 10.5 Å². The molecule has 0 saturated heterocycles. The molecule has 2 aromatic carbocycles. The lowest BCUT2D eigenvalue weighted by atomic mass is 10.2. The highest BCUT2D eigenvalue weighted by molar-refractivity contribution is 5.85. The lowest BCUT2D eigenvalue weighted by Crippen LogP contribution is -2.00. The van der Waals surface area contributed by atoms with E-state index in [-0.39, 0.29) is 5.95 Å². The average molecular weight is 259 g/mol. The van der Waals surface area contributed by atoms with Gasteiger partial charge in [0.25, 0.3) is 0 Å². The molecular weight excluding hydrogens is 250 g/mol. The number of fused-ring (bicyclic) bond motifs is 1. The molecule has 1 heterocycles. The van der Waals surface area contributed by atoms with Crippen molar-refractivity contribution in [1.29, 1.82) is 10.5 Å². The van der Waals surface area contributed by atoms with E-state index in [4.69, 9.17) is 16.3 Å². The monoisotopic (exact) mass is 259 g/mol. The molecule has 5 nitrogen and oxygen atoms in total. The molecule has 1 aromatic heterocycles. The molecule has 3 rings (SSSR count). The van der Waals surface area contributed by atoms with Gasteiger partial charge in [-0.3, -0.25) is 4.57 Å². The first-order valence-electron chi connectivity index (χ1n) is 5.92. The van der Waals surface area contributed by atoms with Gasteiger partial charge in [-0.25, -0.2) is 4.98 Å². The van der Waals surface area contributed by atoms with Gasteiger partial charge in [0, 0.05) is 0 Å². The van der Waals surface area contributed by atoms with Crippen LogP contribution < -0.4 is 5.73 Å². The summed E-state index contributed by atoms with van der Waals surface area (Å²) in [4.78, 5) is 4.25. The summed E-state index contributed by atoms with van der Waals surface area (Å²) >= 11 is 0. The molecule has 0 saturated carbocycles. The van der Waals surface area contributed by atoms with Crippen molar-refractivity contribution in [2.24, 2.45) is 0 Å². The minimum absolute atomic E-state index is 0.290. The molecule has 3 aromatic rings. The number of nitrogens with two attached hydrogens (primary N) is 1. The Balaban J connectivity index is 2.35. The van der Waals surface area contributed by atoms with E-state index >= 15 is 0 Å². The van der Waals surface area contributed by atoms with E-state index in [9.17, 15) is 0 Å². The quantitative estimate of drug-likeness (QED) is 0.726. The second kappa shape index (κ2) is 4.42. The third-order valence-electron chi connectivity index (χ3n) is 3.06. The molecule has 0 aliphatic rings. The second-order valence-electron chi connectivity index (χ2n) is 4.25. The van der Waals surface area contributed by atoms with Crippen molar-refractivity contribution in [3.05, 3.63) is 53.6 Å². The van der Waals surface area contributed by atoms with Gasteiger partial charge in [0.1, 0.15) is 11.6 Å². The van der Waals surface area contributed by atoms with Crippen LogP contribution >= 0.6 is 0 Å². The smallest absolute Gasteiger partial charge is 0.205 e. The van der Waals surface area contributed by atoms with Crippen LogP contribution in [0.15, 0.2) is 42.5 Å². The molecule has 0 spiro atoms. The van der Waals surface area contributed by atoms with Crippen LogP contribution in [-0.4, -0.2) is 9.55 Å². The molecule has 0 radical (unpaired) electrons. The Morgan fingerprint density at radius 2 is 1.85 bits per heavy atom. The summed E-state index contributed by atoms with van der Waals surface area (Å²) in [6.07, 6.45) is 0. The van der Waals surface area contributed by atoms with E-state index < -0.39 is 0 Å². The van der Waals surface area contributed by atoms with Crippen LogP contribution in [0.2, 0.25) is 0 Å². The van der Waals surface area contributed by atoms with Crippen LogP contribution in [0.5, 0.6) is 0 Å². The van der Waals surface area contributed by atoms with Gasteiger partial charge in [0.15, 0.2) is 0 Å². The number of hydrogen-bond acceptors (Lipinski definition) is 4. The Hall–Kier alpha value is -3.31. The summed E-state index contributed by atoms with van der Waals surface area (Å²) in [6.45, 7) is 0. The Morgan fingerprint density at radius 1 is 1.05 bits per heavy atom. The molecule has 5 heteroatoms. The molecule has 0 aliphatic heterocycles. The number of nitrogen functional groups attached to an aromatic ring is 1. The first-order valence-corrected chi connectivity index (χ1v) is 5.92. The molecule has 0 unspecified atom stereocenters. The standard InChI is InChI=1S/C15H9N5/c16-8-10-3-1-5-12(7-10)20-13-6-2-4-11(9-17)14(13)19-15(20)18/h1-7H,(H2,18,19). The highest BCUT2D eigenvalue weighted by atomic mass is 15.2. The number of aromatic nitrogens is 2. The summed E-state index contributed by atoms with van der Waals surface area (Å²) in [7, 11) is 0. The third-order valence-corrected chi connectivity index (χ3v) is 3.06. The number of rotatable bonds is 1. The molecule has 94 valence electrons. The molecule has 0 amide bonds. The van der Waals surface area contributed by atoms with E-state index in [1.54, 1.807) is 34.9 Å². The van der Waals surface area contributed by atoms with Gasteiger partial charge in [-0.15, -0.1) is 0 Å². The van der Waals surface area contributed by atoms with Crippen molar-refractivity contribution < 1.29 is 0 Å². The number of anilines is 1. The maximum atomic E-state index is 9.11. The summed E-state index contributed by atoms with van der Waals surface area (Å²) in [5, 5.41) is 18.1. The topological polar surface area (TPSA) is 91.4 Å². The zero-order valence-electron chi connectivity index (χ0n) is 10.4. The molecule has 0 fully saturated rings. The Morgan fingerprint density at radius 3 is 2.60 bits per heavy atom. The zero-order valence-corrected chi connectivity index (χ0v) is 10.4. The van der Waals surface area contributed by atoms with Crippen LogP contribution in [0.3, 0.4) is 0 Å². The fourth-order valence-corrected chi connectivity index (χ4v) is 2.19. The van der Waals surface area contributed by atoms with Gasteiger partial charge in [-0.1, -0.05) is 12.1 Å². The summed E-state index contributed by atoms with van der Waals surface area (Å²) in [5.41, 5.74) is 9.04. The zero-order chi connectivity index (χ0) is 14.1. The molecular formula is C15H9N5. The van der Waals surface area contributed by atoms with Crippen LogP contribution in [-0.2, 0) is 0 Å². The van der Waals surface area contributed by atoms with Crippen LogP contribution in [0.1, 0.15) is 11.1 Å². The summed E-state index contributed by atoms with van der Waals surface area (Å²) < 4.78 is 1.73. The van der Waals surface area contributed by atoms with Crippen molar-refractivity contribution in [3.8, 4) is 17.8 Å². The number of para-hydroxylation sites is 1. The maximum Gasteiger partial charge on any atom is 0.205 e. The van der Waals surface area contributed by atoms with E-state index in [1.807, 2.05) is 12.1 Å². The van der Waals surface area contributed by atoms with Crippen molar-refractivity contribution in [2.45, 2.75) is 0 Å². The SMILES string of the molecule is N#Cc1cccc(-n2c(N)nc3c(C#N)cccc32)c1. The van der Waals surface area contributed by atoms with Gasteiger partial charge < -0.3 is 5.73 Å². The largest absolute Gasteiger partial charge is 0.369 e. The molecule has 0 bridgehead atoms. The van der Waals surface area contributed by atoms with Gasteiger partial charge >= 0.3 is 0 Å². The lowest BCUT2D eigenvalue weighted by molar-refractivity contribution is 1.11. The lowest BCUT2D eigenvalue weighted by Gasteiger charge is -2.06. The fraction of sp³-hybridized carbons (Fsp3) is 0. The molecule has 20 heavy (non-hydrogen) atoms. The van der Waals surface area contributed by atoms with Crippen LogP contribution in [0.25, 0.3) is 16.7 Å². The average Bonchev–Trinajstić information content (AvgIpc) is 2.83. The van der Waals surface area contributed by atoms with E-state index in [0.29, 0.717) is 16.6 Å². The third kappa shape index (κ3) is 1.66.